The van der Waals surface area contributed by atoms with Gasteiger partial charge in [0.15, 0.2) is 11.6 Å². The molecular weight excluding hydrogens is 486 g/mol. The number of aromatic nitrogens is 6. The SMILES string of the molecule is COCCn1cc(-c2ccc(=O)n(Cc3cccc(-c4ncc(OCCN5CCOCC5)cn4)c3)n2)cn1. The average molecular weight is 518 g/mol. The summed E-state index contributed by atoms with van der Waals surface area (Å²) in [5.74, 6) is 1.22. The average Bonchev–Trinajstić information content (AvgIpc) is 3.43. The maximum absolute atomic E-state index is 12.5. The van der Waals surface area contributed by atoms with Crippen LogP contribution in [0.25, 0.3) is 22.6 Å². The number of hydrogen-bond donors (Lipinski definition) is 0. The molecule has 3 aromatic heterocycles. The molecule has 38 heavy (non-hydrogen) atoms. The third kappa shape index (κ3) is 6.68. The van der Waals surface area contributed by atoms with Crippen LogP contribution in [0.4, 0.5) is 0 Å². The summed E-state index contributed by atoms with van der Waals surface area (Å²) in [6.45, 7) is 6.36. The van der Waals surface area contributed by atoms with Crippen LogP contribution in [0.3, 0.4) is 0 Å². The van der Waals surface area contributed by atoms with E-state index in [0.717, 1.165) is 49.5 Å². The van der Waals surface area contributed by atoms with Crippen LogP contribution in [-0.2, 0) is 22.6 Å². The molecular formula is C27H31N7O4. The van der Waals surface area contributed by atoms with Crippen molar-refractivity contribution in [2.75, 3.05) is 53.2 Å². The highest BCUT2D eigenvalue weighted by atomic mass is 16.5. The first kappa shape index (κ1) is 25.7. The third-order valence-electron chi connectivity index (χ3n) is 6.25. The first-order valence-electron chi connectivity index (χ1n) is 12.6. The zero-order valence-corrected chi connectivity index (χ0v) is 21.4. The van der Waals surface area contributed by atoms with Crippen molar-refractivity contribution in [2.24, 2.45) is 0 Å². The van der Waals surface area contributed by atoms with Crippen molar-refractivity contribution in [3.05, 3.63) is 77.1 Å². The fraction of sp³-hybridized carbons (Fsp3) is 0.370. The molecule has 1 saturated heterocycles. The Hall–Kier alpha value is -3.93. The Balaban J connectivity index is 1.23. The van der Waals surface area contributed by atoms with Crippen molar-refractivity contribution in [1.29, 1.82) is 0 Å². The number of nitrogens with zero attached hydrogens (tertiary/aromatic N) is 7. The van der Waals surface area contributed by atoms with Gasteiger partial charge in [-0.25, -0.2) is 14.6 Å². The molecule has 11 nitrogen and oxygen atoms in total. The molecule has 5 rings (SSSR count). The van der Waals surface area contributed by atoms with E-state index in [9.17, 15) is 4.79 Å². The van der Waals surface area contributed by atoms with Crippen LogP contribution in [0, 0.1) is 0 Å². The highest BCUT2D eigenvalue weighted by Gasteiger charge is 2.11. The summed E-state index contributed by atoms with van der Waals surface area (Å²) in [5, 5.41) is 8.90. The molecule has 0 unspecified atom stereocenters. The largest absolute Gasteiger partial charge is 0.489 e. The molecule has 0 N–H and O–H groups in total. The molecule has 0 radical (unpaired) electrons. The lowest BCUT2D eigenvalue weighted by molar-refractivity contribution is 0.0322. The molecule has 4 aromatic rings. The van der Waals surface area contributed by atoms with Crippen molar-refractivity contribution in [3.8, 4) is 28.4 Å². The van der Waals surface area contributed by atoms with Crippen molar-refractivity contribution < 1.29 is 14.2 Å². The Morgan fingerprint density at radius 1 is 0.974 bits per heavy atom. The fourth-order valence-electron chi connectivity index (χ4n) is 4.16. The fourth-order valence-corrected chi connectivity index (χ4v) is 4.16. The van der Waals surface area contributed by atoms with E-state index in [1.54, 1.807) is 36.4 Å². The van der Waals surface area contributed by atoms with Crippen LogP contribution in [-0.4, -0.2) is 87.6 Å². The first-order valence-corrected chi connectivity index (χ1v) is 12.6. The van der Waals surface area contributed by atoms with Gasteiger partial charge in [-0.2, -0.15) is 10.2 Å². The normalized spacial score (nSPS) is 14.0. The second-order valence-corrected chi connectivity index (χ2v) is 8.94. The molecule has 0 amide bonds. The summed E-state index contributed by atoms with van der Waals surface area (Å²) in [6, 6.07) is 11.0. The van der Waals surface area contributed by atoms with Crippen molar-refractivity contribution in [3.63, 3.8) is 0 Å². The highest BCUT2D eigenvalue weighted by Crippen LogP contribution is 2.19. The first-order chi connectivity index (χ1) is 18.7. The van der Waals surface area contributed by atoms with E-state index in [-0.39, 0.29) is 5.56 Å². The zero-order chi connectivity index (χ0) is 26.2. The Morgan fingerprint density at radius 3 is 2.63 bits per heavy atom. The smallest absolute Gasteiger partial charge is 0.267 e. The molecule has 1 aromatic carbocycles. The minimum atomic E-state index is -0.180. The van der Waals surface area contributed by atoms with Gasteiger partial charge in [-0.05, 0) is 17.7 Å². The molecule has 1 aliphatic heterocycles. The molecule has 0 aliphatic carbocycles. The maximum Gasteiger partial charge on any atom is 0.267 e. The van der Waals surface area contributed by atoms with Crippen molar-refractivity contribution >= 4 is 0 Å². The van der Waals surface area contributed by atoms with Gasteiger partial charge in [-0.15, -0.1) is 0 Å². The second-order valence-electron chi connectivity index (χ2n) is 8.94. The monoisotopic (exact) mass is 517 g/mol. The maximum atomic E-state index is 12.5. The number of ether oxygens (including phenoxy) is 3. The van der Waals surface area contributed by atoms with Gasteiger partial charge in [0.2, 0.25) is 0 Å². The van der Waals surface area contributed by atoms with E-state index in [1.807, 2.05) is 30.5 Å². The number of hydrogen-bond acceptors (Lipinski definition) is 9. The van der Waals surface area contributed by atoms with Gasteiger partial charge in [-0.3, -0.25) is 14.4 Å². The van der Waals surface area contributed by atoms with Gasteiger partial charge in [0, 0.05) is 50.1 Å². The van der Waals surface area contributed by atoms with Gasteiger partial charge >= 0.3 is 0 Å². The summed E-state index contributed by atoms with van der Waals surface area (Å²) in [4.78, 5) is 23.8. The lowest BCUT2D eigenvalue weighted by atomic mass is 10.1. The minimum Gasteiger partial charge on any atom is -0.489 e. The Bertz CT molecular complexity index is 1380. The molecule has 0 atom stereocenters. The summed E-state index contributed by atoms with van der Waals surface area (Å²) in [6.07, 6.45) is 7.01. The molecule has 1 aliphatic rings. The van der Waals surface area contributed by atoms with Crippen LogP contribution >= 0.6 is 0 Å². The van der Waals surface area contributed by atoms with Gasteiger partial charge in [0.25, 0.3) is 5.56 Å². The summed E-state index contributed by atoms with van der Waals surface area (Å²) >= 11 is 0. The predicted octanol–water partition coefficient (Wildman–Crippen LogP) is 1.97. The Morgan fingerprint density at radius 2 is 1.82 bits per heavy atom. The molecule has 1 fully saturated rings. The highest BCUT2D eigenvalue weighted by molar-refractivity contribution is 5.57. The van der Waals surface area contributed by atoms with E-state index < -0.39 is 0 Å². The van der Waals surface area contributed by atoms with Crippen LogP contribution in [0.1, 0.15) is 5.56 Å². The summed E-state index contributed by atoms with van der Waals surface area (Å²) < 4.78 is 19.5. The van der Waals surface area contributed by atoms with Crippen LogP contribution in [0.5, 0.6) is 5.75 Å². The quantitative estimate of drug-likeness (QED) is 0.295. The molecule has 11 heteroatoms. The number of morpholine rings is 1. The molecule has 198 valence electrons. The molecule has 4 heterocycles. The lowest BCUT2D eigenvalue weighted by Crippen LogP contribution is -2.38. The Kier molecular flexibility index (Phi) is 8.49. The second kappa shape index (κ2) is 12.5. The number of benzene rings is 1. The standard InChI is InChI=1S/C27H31N7O4/c1-36-11-10-33-20-23(16-30-33)25-5-6-26(35)34(31-25)19-21-3-2-4-22(15-21)27-28-17-24(18-29-27)38-14-9-32-7-12-37-13-8-32/h2-6,15-18,20H,7-14,19H2,1H3. The van der Waals surface area contributed by atoms with Gasteiger partial charge in [-0.1, -0.05) is 18.2 Å². The molecule has 0 saturated carbocycles. The van der Waals surface area contributed by atoms with Gasteiger partial charge < -0.3 is 14.2 Å². The Labute approximate surface area is 220 Å². The van der Waals surface area contributed by atoms with Gasteiger partial charge in [0.05, 0.1) is 57.2 Å². The van der Waals surface area contributed by atoms with E-state index in [4.69, 9.17) is 14.2 Å². The topological polar surface area (TPSA) is 109 Å². The van der Waals surface area contributed by atoms with E-state index in [1.165, 1.54) is 10.7 Å². The van der Waals surface area contributed by atoms with Crippen molar-refractivity contribution in [1.82, 2.24) is 34.4 Å². The predicted molar refractivity (Wildman–Crippen MR) is 141 cm³/mol. The van der Waals surface area contributed by atoms with Gasteiger partial charge in [0.1, 0.15) is 6.61 Å². The third-order valence-corrected chi connectivity index (χ3v) is 6.25. The van der Waals surface area contributed by atoms with E-state index in [0.29, 0.717) is 43.6 Å². The van der Waals surface area contributed by atoms with Crippen LogP contribution in [0.15, 0.2) is 66.0 Å². The summed E-state index contributed by atoms with van der Waals surface area (Å²) in [7, 11) is 1.65. The van der Waals surface area contributed by atoms with E-state index >= 15 is 0 Å². The molecule has 0 bridgehead atoms. The molecule has 0 spiro atoms. The van der Waals surface area contributed by atoms with Crippen LogP contribution in [0.2, 0.25) is 0 Å². The summed E-state index contributed by atoms with van der Waals surface area (Å²) in [5.41, 5.74) is 3.10. The van der Waals surface area contributed by atoms with E-state index in [2.05, 4.69) is 25.1 Å². The number of methoxy groups -OCH3 is 1. The van der Waals surface area contributed by atoms with Crippen LogP contribution < -0.4 is 10.3 Å². The van der Waals surface area contributed by atoms with Crippen molar-refractivity contribution in [2.45, 2.75) is 13.1 Å². The zero-order valence-electron chi connectivity index (χ0n) is 21.4. The minimum absolute atomic E-state index is 0.180. The number of rotatable bonds is 11. The lowest BCUT2D eigenvalue weighted by Gasteiger charge is -2.26.